The molecule has 1 aliphatic rings. The smallest absolute Gasteiger partial charge is 0.0948 e. The van der Waals surface area contributed by atoms with Crippen LogP contribution in [0, 0.1) is 0 Å². The Labute approximate surface area is 84.2 Å². The summed E-state index contributed by atoms with van der Waals surface area (Å²) >= 11 is 0. The van der Waals surface area contributed by atoms with E-state index in [-0.39, 0.29) is 0 Å². The fraction of sp³-hybridized carbons (Fsp3) is 0.364. The summed E-state index contributed by atoms with van der Waals surface area (Å²) in [7, 11) is 1.97. The van der Waals surface area contributed by atoms with Crippen LogP contribution in [0.15, 0.2) is 42.1 Å². The molecule has 0 fully saturated rings. The van der Waals surface area contributed by atoms with E-state index < -0.39 is 0 Å². The highest BCUT2D eigenvalue weighted by molar-refractivity contribution is 5.22. The molecule has 0 saturated heterocycles. The van der Waals surface area contributed by atoms with E-state index in [4.69, 9.17) is 0 Å². The van der Waals surface area contributed by atoms with E-state index >= 15 is 0 Å². The van der Waals surface area contributed by atoms with Crippen molar-refractivity contribution in [3.8, 4) is 0 Å². The fourth-order valence-corrected chi connectivity index (χ4v) is 1.64. The van der Waals surface area contributed by atoms with E-state index in [9.17, 15) is 0 Å². The summed E-state index contributed by atoms with van der Waals surface area (Å²) in [5.74, 6) is 0. The number of aromatic nitrogens is 2. The van der Waals surface area contributed by atoms with Crippen molar-refractivity contribution in [1.82, 2.24) is 14.9 Å². The molecule has 0 amide bonds. The molecule has 0 bridgehead atoms. The molecule has 0 saturated carbocycles. The van der Waals surface area contributed by atoms with Crippen molar-refractivity contribution in [2.24, 2.45) is 0 Å². The number of allylic oxidation sites excluding steroid dienone is 4. The molecule has 0 radical (unpaired) electrons. The van der Waals surface area contributed by atoms with Crippen LogP contribution in [0.3, 0.4) is 0 Å². The monoisotopic (exact) mass is 189 g/mol. The van der Waals surface area contributed by atoms with E-state index in [0.29, 0.717) is 0 Å². The number of nitrogens with zero attached hydrogens (tertiary/aromatic N) is 2. The van der Waals surface area contributed by atoms with Crippen molar-refractivity contribution in [1.29, 1.82) is 0 Å². The predicted molar refractivity (Wildman–Crippen MR) is 56.7 cm³/mol. The fourth-order valence-electron chi connectivity index (χ4n) is 1.64. The van der Waals surface area contributed by atoms with E-state index in [2.05, 4.69) is 27.0 Å². The minimum absolute atomic E-state index is 0.966. The van der Waals surface area contributed by atoms with Crippen molar-refractivity contribution in [2.45, 2.75) is 19.4 Å². The van der Waals surface area contributed by atoms with Gasteiger partial charge in [0.05, 0.1) is 6.33 Å². The predicted octanol–water partition coefficient (Wildman–Crippen LogP) is 1.71. The molecule has 0 unspecified atom stereocenters. The molecule has 14 heavy (non-hydrogen) atoms. The molecule has 74 valence electrons. The van der Waals surface area contributed by atoms with Crippen LogP contribution in [0.1, 0.15) is 12.8 Å². The van der Waals surface area contributed by atoms with Gasteiger partial charge in [-0.05, 0) is 18.9 Å². The highest BCUT2D eigenvalue weighted by Gasteiger charge is 2.05. The van der Waals surface area contributed by atoms with E-state index in [1.165, 1.54) is 11.3 Å². The van der Waals surface area contributed by atoms with Gasteiger partial charge in [0.15, 0.2) is 0 Å². The first kappa shape index (κ1) is 9.06. The Morgan fingerprint density at radius 2 is 2.36 bits per heavy atom. The van der Waals surface area contributed by atoms with Gasteiger partial charge >= 0.3 is 0 Å². The van der Waals surface area contributed by atoms with E-state index in [1.54, 1.807) is 0 Å². The van der Waals surface area contributed by atoms with E-state index in [0.717, 1.165) is 19.4 Å². The van der Waals surface area contributed by atoms with Crippen LogP contribution in [0.4, 0.5) is 0 Å². The average Bonchev–Trinajstić information content (AvgIpc) is 2.72. The van der Waals surface area contributed by atoms with Gasteiger partial charge in [-0.15, -0.1) is 0 Å². The normalized spacial score (nSPS) is 16.1. The zero-order valence-corrected chi connectivity index (χ0v) is 8.40. The second-order valence-electron chi connectivity index (χ2n) is 3.50. The summed E-state index contributed by atoms with van der Waals surface area (Å²) in [6.07, 6.45) is 12.3. The van der Waals surface area contributed by atoms with Crippen molar-refractivity contribution in [3.63, 3.8) is 0 Å². The van der Waals surface area contributed by atoms with Gasteiger partial charge in [-0.3, -0.25) is 0 Å². The molecule has 0 spiro atoms. The summed E-state index contributed by atoms with van der Waals surface area (Å²) in [6, 6.07) is 0. The molecule has 3 nitrogen and oxygen atoms in total. The van der Waals surface area contributed by atoms with Gasteiger partial charge in [0.1, 0.15) is 0 Å². The molecule has 3 heteroatoms. The molecule has 1 aromatic heterocycles. The summed E-state index contributed by atoms with van der Waals surface area (Å²) in [5, 5.41) is 3.18. The standard InChI is InChI=1S/C11H15N3/c1-12-11-4-2-10(3-5-11)8-14-7-6-13-9-14/h2,4,6-7,9,12H,3,5,8H2,1H3. The van der Waals surface area contributed by atoms with Gasteiger partial charge in [0, 0.05) is 31.7 Å². The van der Waals surface area contributed by atoms with Crippen LogP contribution in [0.5, 0.6) is 0 Å². The van der Waals surface area contributed by atoms with E-state index in [1.807, 2.05) is 25.8 Å². The molecule has 0 atom stereocenters. The lowest BCUT2D eigenvalue weighted by Crippen LogP contribution is -2.10. The Balaban J connectivity index is 2.01. The molecule has 0 aromatic carbocycles. The Bertz CT molecular complexity index is 347. The number of hydrogen-bond donors (Lipinski definition) is 1. The third-order valence-corrected chi connectivity index (χ3v) is 2.50. The lowest BCUT2D eigenvalue weighted by Gasteiger charge is -2.14. The van der Waals surface area contributed by atoms with Gasteiger partial charge in [0.25, 0.3) is 0 Å². The first-order valence-electron chi connectivity index (χ1n) is 4.90. The maximum absolute atomic E-state index is 4.03. The quantitative estimate of drug-likeness (QED) is 0.784. The number of rotatable bonds is 3. The Morgan fingerprint density at radius 3 is 2.93 bits per heavy atom. The Morgan fingerprint density at radius 1 is 1.43 bits per heavy atom. The first-order valence-corrected chi connectivity index (χ1v) is 4.90. The zero-order valence-electron chi connectivity index (χ0n) is 8.40. The summed E-state index contributed by atoms with van der Waals surface area (Å²) in [6.45, 7) is 0.966. The molecule has 1 aliphatic carbocycles. The van der Waals surface area contributed by atoms with Gasteiger partial charge in [-0.2, -0.15) is 0 Å². The topological polar surface area (TPSA) is 29.9 Å². The molecule has 1 aromatic rings. The highest BCUT2D eigenvalue weighted by atomic mass is 15.0. The maximum Gasteiger partial charge on any atom is 0.0948 e. The highest BCUT2D eigenvalue weighted by Crippen LogP contribution is 2.17. The molecule has 0 aliphatic heterocycles. The van der Waals surface area contributed by atoms with Crippen molar-refractivity contribution in [3.05, 3.63) is 42.1 Å². The number of hydrogen-bond acceptors (Lipinski definition) is 2. The summed E-state index contributed by atoms with van der Waals surface area (Å²) in [4.78, 5) is 4.03. The van der Waals surface area contributed by atoms with Crippen LogP contribution in [-0.4, -0.2) is 16.6 Å². The van der Waals surface area contributed by atoms with Crippen LogP contribution < -0.4 is 5.32 Å². The Hall–Kier alpha value is -1.51. The third-order valence-electron chi connectivity index (χ3n) is 2.50. The second-order valence-corrected chi connectivity index (χ2v) is 3.50. The van der Waals surface area contributed by atoms with Crippen LogP contribution in [0.25, 0.3) is 0 Å². The number of imidazole rings is 1. The molecule has 2 rings (SSSR count). The summed E-state index contributed by atoms with van der Waals surface area (Å²) in [5.41, 5.74) is 2.78. The second kappa shape index (κ2) is 4.13. The third kappa shape index (κ3) is 2.05. The SMILES string of the molecule is CNC1=CC=C(Cn2ccnc2)CC1. The van der Waals surface area contributed by atoms with Crippen LogP contribution in [0.2, 0.25) is 0 Å². The van der Waals surface area contributed by atoms with Gasteiger partial charge < -0.3 is 9.88 Å². The van der Waals surface area contributed by atoms with Crippen LogP contribution in [-0.2, 0) is 6.54 Å². The first-order chi connectivity index (χ1) is 6.88. The average molecular weight is 189 g/mol. The number of nitrogens with one attached hydrogen (secondary N) is 1. The van der Waals surface area contributed by atoms with Gasteiger partial charge in [-0.25, -0.2) is 4.98 Å². The molecular weight excluding hydrogens is 174 g/mol. The molecule has 1 N–H and O–H groups in total. The Kier molecular flexibility index (Phi) is 2.68. The van der Waals surface area contributed by atoms with Gasteiger partial charge in [-0.1, -0.05) is 11.6 Å². The van der Waals surface area contributed by atoms with Gasteiger partial charge in [0.2, 0.25) is 0 Å². The zero-order chi connectivity index (χ0) is 9.80. The van der Waals surface area contributed by atoms with Crippen molar-refractivity contribution < 1.29 is 0 Å². The lowest BCUT2D eigenvalue weighted by molar-refractivity contribution is 0.712. The molecule has 1 heterocycles. The van der Waals surface area contributed by atoms with Crippen molar-refractivity contribution in [2.75, 3.05) is 7.05 Å². The largest absolute Gasteiger partial charge is 0.391 e. The van der Waals surface area contributed by atoms with Crippen LogP contribution >= 0.6 is 0 Å². The summed E-state index contributed by atoms with van der Waals surface area (Å²) < 4.78 is 2.10. The minimum Gasteiger partial charge on any atom is -0.391 e. The molecular formula is C11H15N3. The van der Waals surface area contributed by atoms with Crippen molar-refractivity contribution >= 4 is 0 Å². The lowest BCUT2D eigenvalue weighted by atomic mass is 10.0. The maximum atomic E-state index is 4.03. The minimum atomic E-state index is 0.966.